The molecule has 0 aromatic heterocycles. The summed E-state index contributed by atoms with van der Waals surface area (Å²) < 4.78 is 0.812. The fraction of sp³-hybridized carbons (Fsp3) is 0.857. The summed E-state index contributed by atoms with van der Waals surface area (Å²) >= 11 is 2.23. The van der Waals surface area contributed by atoms with Crippen LogP contribution in [-0.2, 0) is 0 Å². The number of halogens is 1. The number of nitriles is 1. The summed E-state index contributed by atoms with van der Waals surface area (Å²) in [6.45, 7) is 2.16. The van der Waals surface area contributed by atoms with Crippen LogP contribution in [0.1, 0.15) is 6.42 Å². The largest absolute Gasteiger partial charge is 0.304 e. The van der Waals surface area contributed by atoms with Crippen LogP contribution >= 0.6 is 22.6 Å². The number of nitrogens with zero attached hydrogens (tertiary/aromatic N) is 3. The molecule has 3 nitrogen and oxygen atoms in total. The minimum atomic E-state index is 0.460. The molecule has 0 aromatic rings. The van der Waals surface area contributed by atoms with Gasteiger partial charge in [0, 0.05) is 6.54 Å². The topological polar surface area (TPSA) is 30.3 Å². The molecule has 1 saturated heterocycles. The molecular formula is C7H12IN3. The predicted molar refractivity (Wildman–Crippen MR) is 52.2 cm³/mol. The molecular weight excluding hydrogens is 253 g/mol. The van der Waals surface area contributed by atoms with Crippen molar-refractivity contribution in [2.75, 3.05) is 24.7 Å². The third-order valence-electron chi connectivity index (χ3n) is 2.06. The van der Waals surface area contributed by atoms with Gasteiger partial charge >= 0.3 is 0 Å². The van der Waals surface area contributed by atoms with Gasteiger partial charge in [-0.3, -0.25) is 4.90 Å². The van der Waals surface area contributed by atoms with E-state index in [2.05, 4.69) is 40.7 Å². The van der Waals surface area contributed by atoms with Crippen molar-refractivity contribution in [3.05, 3.63) is 0 Å². The van der Waals surface area contributed by atoms with Gasteiger partial charge in [0.2, 0.25) is 0 Å². The average Bonchev–Trinajstić information content (AvgIpc) is 2.39. The van der Waals surface area contributed by atoms with E-state index in [-0.39, 0.29) is 0 Å². The van der Waals surface area contributed by atoms with Crippen LogP contribution in [0.4, 0.5) is 0 Å². The summed E-state index contributed by atoms with van der Waals surface area (Å²) in [7, 11) is 2.10. The zero-order valence-corrected chi connectivity index (χ0v) is 8.78. The molecule has 11 heavy (non-hydrogen) atoms. The maximum atomic E-state index is 8.73. The molecule has 0 radical (unpaired) electrons. The molecule has 0 N–H and O–H groups in total. The normalized spacial score (nSPS) is 25.0. The Hall–Kier alpha value is -0.0200. The minimum absolute atomic E-state index is 0.460. The summed E-state index contributed by atoms with van der Waals surface area (Å²) in [5.74, 6) is 0. The number of likely N-dealkylation sites (tertiary alicyclic amines) is 1. The summed E-state index contributed by atoms with van der Waals surface area (Å²) in [5, 5.41) is 8.73. The second-order valence-electron chi connectivity index (χ2n) is 2.89. The first-order chi connectivity index (χ1) is 5.27. The van der Waals surface area contributed by atoms with E-state index in [0.717, 1.165) is 24.1 Å². The summed E-state index contributed by atoms with van der Waals surface area (Å²) in [6, 6.07) is 0.460. The quantitative estimate of drug-likeness (QED) is 0.244. The van der Waals surface area contributed by atoms with Gasteiger partial charge in [-0.15, -0.1) is 0 Å². The SMILES string of the molecule is CN1CCC(N(C#N)CI)C1. The van der Waals surface area contributed by atoms with Gasteiger partial charge in [-0.25, -0.2) is 0 Å². The highest BCUT2D eigenvalue weighted by molar-refractivity contribution is 14.1. The Bertz CT molecular complexity index is 166. The Labute approximate surface area is 81.1 Å². The monoisotopic (exact) mass is 265 g/mol. The molecule has 4 heteroatoms. The molecule has 1 rings (SSSR count). The lowest BCUT2D eigenvalue weighted by molar-refractivity contribution is 0.323. The molecule has 1 unspecified atom stereocenters. The Balaban J connectivity index is 2.42. The molecule has 1 aliphatic rings. The van der Waals surface area contributed by atoms with Gasteiger partial charge in [-0.1, -0.05) is 22.6 Å². The van der Waals surface area contributed by atoms with E-state index in [4.69, 9.17) is 5.26 Å². The predicted octanol–water partition coefficient (Wildman–Crippen LogP) is 0.866. The van der Waals surface area contributed by atoms with Crippen LogP contribution in [-0.4, -0.2) is 40.5 Å². The van der Waals surface area contributed by atoms with Crippen molar-refractivity contribution < 1.29 is 0 Å². The maximum absolute atomic E-state index is 8.73. The Morgan fingerprint density at radius 3 is 2.91 bits per heavy atom. The Kier molecular flexibility index (Phi) is 3.40. The van der Waals surface area contributed by atoms with E-state index in [1.54, 1.807) is 0 Å². The summed E-state index contributed by atoms with van der Waals surface area (Å²) in [6.07, 6.45) is 3.35. The van der Waals surface area contributed by atoms with Crippen LogP contribution in [0.2, 0.25) is 0 Å². The van der Waals surface area contributed by atoms with Gasteiger partial charge in [-0.2, -0.15) is 5.26 Å². The molecule has 0 aromatic carbocycles. The van der Waals surface area contributed by atoms with Crippen molar-refractivity contribution in [3.63, 3.8) is 0 Å². The molecule has 0 amide bonds. The second kappa shape index (κ2) is 4.12. The first-order valence-electron chi connectivity index (χ1n) is 3.69. The maximum Gasteiger partial charge on any atom is 0.180 e. The van der Waals surface area contributed by atoms with Crippen LogP contribution < -0.4 is 0 Å². The van der Waals surface area contributed by atoms with E-state index in [1.165, 1.54) is 0 Å². The van der Waals surface area contributed by atoms with E-state index in [9.17, 15) is 0 Å². The zero-order valence-electron chi connectivity index (χ0n) is 6.63. The van der Waals surface area contributed by atoms with Crippen LogP contribution in [0, 0.1) is 11.5 Å². The van der Waals surface area contributed by atoms with Crippen molar-refractivity contribution in [2.45, 2.75) is 12.5 Å². The second-order valence-corrected chi connectivity index (χ2v) is 3.58. The lowest BCUT2D eigenvalue weighted by Gasteiger charge is -2.19. The third kappa shape index (κ3) is 2.20. The van der Waals surface area contributed by atoms with Crippen LogP contribution in [0.3, 0.4) is 0 Å². The standard InChI is InChI=1S/C7H12IN3/c1-10-3-2-7(4-10)11(5-8)6-9/h7H,2-5H2,1H3. The molecule has 0 bridgehead atoms. The van der Waals surface area contributed by atoms with Gasteiger partial charge in [0.1, 0.15) is 0 Å². The van der Waals surface area contributed by atoms with E-state index in [0.29, 0.717) is 6.04 Å². The molecule has 1 heterocycles. The zero-order chi connectivity index (χ0) is 8.27. The number of hydrogen-bond acceptors (Lipinski definition) is 3. The summed E-state index contributed by atoms with van der Waals surface area (Å²) in [5.41, 5.74) is 0. The Morgan fingerprint density at radius 2 is 2.55 bits per heavy atom. The highest BCUT2D eigenvalue weighted by atomic mass is 127. The molecule has 0 saturated carbocycles. The van der Waals surface area contributed by atoms with Crippen molar-refractivity contribution >= 4 is 22.6 Å². The van der Waals surface area contributed by atoms with Gasteiger partial charge in [0.25, 0.3) is 0 Å². The number of rotatable bonds is 2. The molecule has 0 aliphatic carbocycles. The van der Waals surface area contributed by atoms with Crippen LogP contribution in [0.5, 0.6) is 0 Å². The van der Waals surface area contributed by atoms with Crippen molar-refractivity contribution in [1.29, 1.82) is 5.26 Å². The van der Waals surface area contributed by atoms with Crippen LogP contribution in [0.25, 0.3) is 0 Å². The molecule has 0 spiro atoms. The third-order valence-corrected chi connectivity index (χ3v) is 2.80. The number of alkyl halides is 1. The fourth-order valence-corrected chi connectivity index (χ4v) is 2.08. The highest BCUT2D eigenvalue weighted by Crippen LogP contribution is 2.13. The number of hydrogen-bond donors (Lipinski definition) is 0. The van der Waals surface area contributed by atoms with Gasteiger partial charge in [-0.05, 0) is 20.0 Å². The average molecular weight is 265 g/mol. The summed E-state index contributed by atoms with van der Waals surface area (Å²) in [4.78, 5) is 4.12. The molecule has 1 atom stereocenters. The Morgan fingerprint density at radius 1 is 1.82 bits per heavy atom. The highest BCUT2D eigenvalue weighted by Gasteiger charge is 2.23. The molecule has 1 aliphatic heterocycles. The molecule has 62 valence electrons. The van der Waals surface area contributed by atoms with Gasteiger partial charge < -0.3 is 4.90 Å². The van der Waals surface area contributed by atoms with E-state index in [1.807, 2.05) is 4.90 Å². The first kappa shape index (κ1) is 9.07. The van der Waals surface area contributed by atoms with E-state index < -0.39 is 0 Å². The van der Waals surface area contributed by atoms with Gasteiger partial charge in [0.05, 0.1) is 10.6 Å². The minimum Gasteiger partial charge on any atom is -0.304 e. The smallest absolute Gasteiger partial charge is 0.180 e. The van der Waals surface area contributed by atoms with Crippen molar-refractivity contribution in [2.24, 2.45) is 0 Å². The van der Waals surface area contributed by atoms with Gasteiger partial charge in [0.15, 0.2) is 6.19 Å². The number of likely N-dealkylation sites (N-methyl/N-ethyl adjacent to an activating group) is 1. The molecule has 1 fully saturated rings. The van der Waals surface area contributed by atoms with Crippen molar-refractivity contribution in [1.82, 2.24) is 9.80 Å². The van der Waals surface area contributed by atoms with E-state index >= 15 is 0 Å². The lowest BCUT2D eigenvalue weighted by Crippen LogP contribution is -2.32. The van der Waals surface area contributed by atoms with Crippen LogP contribution in [0.15, 0.2) is 0 Å². The lowest BCUT2D eigenvalue weighted by atomic mass is 10.2. The van der Waals surface area contributed by atoms with Crippen molar-refractivity contribution in [3.8, 4) is 6.19 Å². The fourth-order valence-electron chi connectivity index (χ4n) is 1.37. The first-order valence-corrected chi connectivity index (χ1v) is 5.21.